The maximum absolute atomic E-state index is 13.2. The lowest BCUT2D eigenvalue weighted by Crippen LogP contribution is -2.48. The third-order valence-corrected chi connectivity index (χ3v) is 6.59. The highest BCUT2D eigenvalue weighted by molar-refractivity contribution is 5.97. The molecule has 3 aromatic carbocycles. The van der Waals surface area contributed by atoms with Gasteiger partial charge in [-0.1, -0.05) is 12.1 Å². The van der Waals surface area contributed by atoms with Crippen LogP contribution in [0, 0.1) is 0 Å². The minimum absolute atomic E-state index is 0.188. The Morgan fingerprint density at radius 2 is 1.44 bits per heavy atom. The summed E-state index contributed by atoms with van der Waals surface area (Å²) in [6.45, 7) is 1.73. The fraction of sp³-hybridized carbons (Fsp3) is 0.214. The van der Waals surface area contributed by atoms with Gasteiger partial charge in [-0.2, -0.15) is 26.3 Å². The summed E-state index contributed by atoms with van der Waals surface area (Å²) in [5, 5.41) is 3.67. The summed E-state index contributed by atoms with van der Waals surface area (Å²) in [4.78, 5) is 20.8. The summed E-state index contributed by atoms with van der Waals surface area (Å²) in [7, 11) is 0. The van der Waals surface area contributed by atoms with Crippen LogP contribution >= 0.6 is 0 Å². The standard InChI is InChI=1S/C28H22F6N4O/c29-27(30,31)19-4-7-22(8-5-19)37-12-14-38(15-13-37)26(39)18-2-1-3-21(16-18)36-24-10-11-35-25-17-20(28(32,33)34)6-9-23(24)25/h1-11,16-17H,12-15H2,(H,35,36). The Labute approximate surface area is 219 Å². The zero-order chi connectivity index (χ0) is 27.8. The Balaban J connectivity index is 1.26. The summed E-state index contributed by atoms with van der Waals surface area (Å²) in [5.74, 6) is -0.194. The molecule has 0 radical (unpaired) electrons. The van der Waals surface area contributed by atoms with Crippen LogP contribution in [0.5, 0.6) is 0 Å². The van der Waals surface area contributed by atoms with E-state index in [0.717, 1.165) is 24.3 Å². The number of carbonyl (C=O) groups is 1. The largest absolute Gasteiger partial charge is 0.416 e. The molecule has 1 N–H and O–H groups in total. The monoisotopic (exact) mass is 544 g/mol. The van der Waals surface area contributed by atoms with Crippen molar-refractivity contribution in [1.29, 1.82) is 0 Å². The molecule has 0 bridgehead atoms. The van der Waals surface area contributed by atoms with Gasteiger partial charge in [0.2, 0.25) is 0 Å². The predicted molar refractivity (Wildman–Crippen MR) is 136 cm³/mol. The van der Waals surface area contributed by atoms with E-state index in [1.807, 2.05) is 4.90 Å². The molecule has 0 unspecified atom stereocenters. The van der Waals surface area contributed by atoms with Crippen LogP contribution in [0.3, 0.4) is 0 Å². The summed E-state index contributed by atoms with van der Waals surface area (Å²) >= 11 is 0. The Morgan fingerprint density at radius 3 is 2.10 bits per heavy atom. The lowest BCUT2D eigenvalue weighted by molar-refractivity contribution is -0.138. The Hall–Kier alpha value is -4.28. The molecule has 39 heavy (non-hydrogen) atoms. The second-order valence-corrected chi connectivity index (χ2v) is 9.12. The lowest BCUT2D eigenvalue weighted by atomic mass is 10.1. The maximum Gasteiger partial charge on any atom is 0.416 e. The summed E-state index contributed by atoms with van der Waals surface area (Å²) in [6.07, 6.45) is -7.46. The number of benzene rings is 3. The molecule has 1 amide bonds. The number of nitrogens with zero attached hydrogens (tertiary/aromatic N) is 3. The van der Waals surface area contributed by atoms with E-state index in [9.17, 15) is 31.1 Å². The molecule has 0 saturated carbocycles. The van der Waals surface area contributed by atoms with E-state index >= 15 is 0 Å². The van der Waals surface area contributed by atoms with Gasteiger partial charge in [0.05, 0.1) is 16.6 Å². The first-order valence-corrected chi connectivity index (χ1v) is 12.0. The van der Waals surface area contributed by atoms with E-state index in [1.165, 1.54) is 24.4 Å². The van der Waals surface area contributed by atoms with E-state index < -0.39 is 23.5 Å². The molecular weight excluding hydrogens is 522 g/mol. The lowest BCUT2D eigenvalue weighted by Gasteiger charge is -2.36. The van der Waals surface area contributed by atoms with Crippen LogP contribution in [0.1, 0.15) is 21.5 Å². The molecule has 1 fully saturated rings. The number of amides is 1. The zero-order valence-electron chi connectivity index (χ0n) is 20.4. The minimum Gasteiger partial charge on any atom is -0.368 e. The number of pyridine rings is 1. The maximum atomic E-state index is 13.2. The van der Waals surface area contributed by atoms with Crippen LogP contribution in [-0.4, -0.2) is 42.0 Å². The van der Waals surface area contributed by atoms with Gasteiger partial charge in [0, 0.05) is 60.4 Å². The van der Waals surface area contributed by atoms with Gasteiger partial charge in [-0.25, -0.2) is 0 Å². The summed E-state index contributed by atoms with van der Waals surface area (Å²) in [5.41, 5.74) is 0.909. The normalized spacial score (nSPS) is 14.5. The van der Waals surface area contributed by atoms with Crippen LogP contribution < -0.4 is 10.2 Å². The molecule has 0 spiro atoms. The van der Waals surface area contributed by atoms with E-state index in [2.05, 4.69) is 10.3 Å². The predicted octanol–water partition coefficient (Wildman–Crippen LogP) is 6.98. The number of hydrogen-bond donors (Lipinski definition) is 1. The molecule has 1 aliphatic heterocycles. The van der Waals surface area contributed by atoms with Gasteiger partial charge in [0.1, 0.15) is 0 Å². The second-order valence-electron chi connectivity index (χ2n) is 9.12. The molecule has 0 aliphatic carbocycles. The number of rotatable bonds is 4. The van der Waals surface area contributed by atoms with Crippen molar-refractivity contribution in [3.05, 3.63) is 95.7 Å². The number of piperazine rings is 1. The number of carbonyl (C=O) groups excluding carboxylic acids is 1. The van der Waals surface area contributed by atoms with Crippen LogP contribution in [0.2, 0.25) is 0 Å². The Morgan fingerprint density at radius 1 is 0.769 bits per heavy atom. The van der Waals surface area contributed by atoms with Crippen molar-refractivity contribution in [3.63, 3.8) is 0 Å². The first kappa shape index (κ1) is 26.3. The molecule has 2 heterocycles. The van der Waals surface area contributed by atoms with E-state index in [0.29, 0.717) is 54.2 Å². The van der Waals surface area contributed by atoms with Crippen molar-refractivity contribution in [2.75, 3.05) is 36.4 Å². The average Bonchev–Trinajstić information content (AvgIpc) is 2.92. The molecule has 202 valence electrons. The van der Waals surface area contributed by atoms with Crippen LogP contribution in [0.15, 0.2) is 79.0 Å². The first-order chi connectivity index (χ1) is 18.5. The van der Waals surface area contributed by atoms with Gasteiger partial charge in [0.25, 0.3) is 5.91 Å². The van der Waals surface area contributed by atoms with E-state index in [4.69, 9.17) is 0 Å². The van der Waals surface area contributed by atoms with Crippen LogP contribution in [0.4, 0.5) is 43.4 Å². The Bertz CT molecular complexity index is 1490. The number of anilines is 3. The molecule has 1 aliphatic rings. The quantitative estimate of drug-likeness (QED) is 0.282. The molecule has 5 nitrogen and oxygen atoms in total. The third-order valence-electron chi connectivity index (χ3n) is 6.59. The van der Waals surface area contributed by atoms with Crippen molar-refractivity contribution in [2.24, 2.45) is 0 Å². The van der Waals surface area contributed by atoms with E-state index in [-0.39, 0.29) is 11.4 Å². The van der Waals surface area contributed by atoms with Crippen molar-refractivity contribution in [3.8, 4) is 0 Å². The number of hydrogen-bond acceptors (Lipinski definition) is 4. The average molecular weight is 544 g/mol. The van der Waals surface area contributed by atoms with Gasteiger partial charge < -0.3 is 15.1 Å². The topological polar surface area (TPSA) is 48.5 Å². The highest BCUT2D eigenvalue weighted by atomic mass is 19.4. The summed E-state index contributed by atoms with van der Waals surface area (Å²) < 4.78 is 77.7. The Kier molecular flexibility index (Phi) is 6.83. The molecule has 5 rings (SSSR count). The molecule has 1 saturated heterocycles. The van der Waals surface area contributed by atoms with Crippen molar-refractivity contribution in [1.82, 2.24) is 9.88 Å². The molecule has 11 heteroatoms. The number of fused-ring (bicyclic) bond motifs is 1. The number of halogens is 6. The van der Waals surface area contributed by atoms with Crippen LogP contribution in [-0.2, 0) is 12.4 Å². The zero-order valence-corrected chi connectivity index (χ0v) is 20.4. The van der Waals surface area contributed by atoms with Gasteiger partial charge >= 0.3 is 12.4 Å². The number of aromatic nitrogens is 1. The van der Waals surface area contributed by atoms with Gasteiger partial charge in [-0.15, -0.1) is 0 Å². The molecule has 1 aromatic heterocycles. The SMILES string of the molecule is O=C(c1cccc(Nc2ccnc3cc(C(F)(F)F)ccc23)c1)N1CCN(c2ccc(C(F)(F)F)cc2)CC1. The van der Waals surface area contributed by atoms with Gasteiger partial charge in [-0.05, 0) is 60.7 Å². The first-order valence-electron chi connectivity index (χ1n) is 12.0. The summed E-state index contributed by atoms with van der Waals surface area (Å²) in [6, 6.07) is 16.8. The third kappa shape index (κ3) is 5.76. The molecule has 0 atom stereocenters. The van der Waals surface area contributed by atoms with Crippen molar-refractivity contribution < 1.29 is 31.1 Å². The van der Waals surface area contributed by atoms with Gasteiger partial charge in [0.15, 0.2) is 0 Å². The number of nitrogens with one attached hydrogen (secondary N) is 1. The van der Waals surface area contributed by atoms with Gasteiger partial charge in [-0.3, -0.25) is 9.78 Å². The number of alkyl halides is 6. The second kappa shape index (κ2) is 10.1. The van der Waals surface area contributed by atoms with E-state index in [1.54, 1.807) is 35.2 Å². The smallest absolute Gasteiger partial charge is 0.368 e. The molecular formula is C28H22F6N4O. The fourth-order valence-corrected chi connectivity index (χ4v) is 4.53. The minimum atomic E-state index is -4.47. The highest BCUT2D eigenvalue weighted by Gasteiger charge is 2.31. The highest BCUT2D eigenvalue weighted by Crippen LogP contribution is 2.34. The molecule has 4 aromatic rings. The van der Waals surface area contributed by atoms with Crippen molar-refractivity contribution >= 4 is 33.9 Å². The van der Waals surface area contributed by atoms with Crippen molar-refractivity contribution in [2.45, 2.75) is 12.4 Å². The van der Waals surface area contributed by atoms with Crippen LogP contribution in [0.25, 0.3) is 10.9 Å². The fourth-order valence-electron chi connectivity index (χ4n) is 4.53.